The Kier molecular flexibility index (Phi) is 3.23. The van der Waals surface area contributed by atoms with Gasteiger partial charge in [0.15, 0.2) is 0 Å². The van der Waals surface area contributed by atoms with Gasteiger partial charge in [-0.3, -0.25) is 9.15 Å². The third-order valence-electron chi connectivity index (χ3n) is 3.00. The van der Waals surface area contributed by atoms with Crippen LogP contribution >= 0.6 is 0 Å². The molecule has 0 saturated carbocycles. The molecular formula is C11H22N4+2. The second kappa shape index (κ2) is 4.64. The van der Waals surface area contributed by atoms with Gasteiger partial charge < -0.3 is 0 Å². The molecule has 0 saturated heterocycles. The smallest absolute Gasteiger partial charge is 0.237 e. The maximum atomic E-state index is 2.40. The van der Waals surface area contributed by atoms with Gasteiger partial charge in [0.2, 0.25) is 19.3 Å². The zero-order valence-corrected chi connectivity index (χ0v) is 9.89. The van der Waals surface area contributed by atoms with Gasteiger partial charge in [0, 0.05) is 12.8 Å². The monoisotopic (exact) mass is 210 g/mol. The molecule has 2 rings (SSSR count). The Balaban J connectivity index is 1.91. The summed E-state index contributed by atoms with van der Waals surface area (Å²) in [5, 5.41) is 0. The predicted molar refractivity (Wildman–Crippen MR) is 61.7 cm³/mol. The molecule has 15 heavy (non-hydrogen) atoms. The second-order valence-corrected chi connectivity index (χ2v) is 4.67. The topological polar surface area (TPSA) is 12.5 Å². The SMILES string of the molecule is C[N+]1=CN(CN2C=[N+](C)CCC2)CCC1. The second-order valence-electron chi connectivity index (χ2n) is 4.67. The molecule has 0 aliphatic carbocycles. The summed E-state index contributed by atoms with van der Waals surface area (Å²) in [7, 11) is 4.30. The van der Waals surface area contributed by atoms with Crippen LogP contribution in [0, 0.1) is 0 Å². The van der Waals surface area contributed by atoms with Crippen LogP contribution in [-0.4, -0.2) is 78.6 Å². The largest absolute Gasteiger partial charge is 0.271 e. The van der Waals surface area contributed by atoms with Gasteiger partial charge in [0.25, 0.3) is 0 Å². The summed E-state index contributed by atoms with van der Waals surface area (Å²) in [4.78, 5) is 4.80. The molecular weight excluding hydrogens is 188 g/mol. The van der Waals surface area contributed by atoms with E-state index in [-0.39, 0.29) is 0 Å². The standard InChI is InChI=1S/C11H22N4/c1-12-5-3-7-14(9-12)11-15-8-4-6-13(2)10-15/h9-10H,3-8,11H2,1-2H3/q+2. The van der Waals surface area contributed by atoms with Crippen molar-refractivity contribution in [1.29, 1.82) is 0 Å². The first-order chi connectivity index (χ1) is 7.24. The van der Waals surface area contributed by atoms with Crippen molar-refractivity contribution in [3.63, 3.8) is 0 Å². The molecule has 0 fully saturated rings. The van der Waals surface area contributed by atoms with Crippen LogP contribution in [0.2, 0.25) is 0 Å². The Morgan fingerprint density at radius 1 is 0.933 bits per heavy atom. The summed E-state index contributed by atoms with van der Waals surface area (Å²) in [6.07, 6.45) is 7.03. The molecule has 2 aliphatic heterocycles. The molecule has 4 nitrogen and oxygen atoms in total. The fourth-order valence-electron chi connectivity index (χ4n) is 2.28. The average molecular weight is 210 g/mol. The van der Waals surface area contributed by atoms with Crippen LogP contribution in [-0.2, 0) is 0 Å². The van der Waals surface area contributed by atoms with E-state index in [0.29, 0.717) is 0 Å². The molecule has 84 valence electrons. The van der Waals surface area contributed by atoms with Crippen LogP contribution in [0.5, 0.6) is 0 Å². The van der Waals surface area contributed by atoms with Gasteiger partial charge in [-0.15, -0.1) is 0 Å². The molecule has 0 radical (unpaired) electrons. The number of hydrogen-bond acceptors (Lipinski definition) is 2. The molecule has 0 unspecified atom stereocenters. The van der Waals surface area contributed by atoms with Crippen LogP contribution in [0.4, 0.5) is 0 Å². The molecule has 0 bridgehead atoms. The predicted octanol–water partition coefficient (Wildman–Crippen LogP) is -0.303. The van der Waals surface area contributed by atoms with Crippen molar-refractivity contribution in [2.24, 2.45) is 0 Å². The Morgan fingerprint density at radius 3 is 1.80 bits per heavy atom. The van der Waals surface area contributed by atoms with Gasteiger partial charge in [-0.25, -0.2) is 9.80 Å². The highest BCUT2D eigenvalue weighted by Crippen LogP contribution is 2.00. The van der Waals surface area contributed by atoms with Gasteiger partial charge in [0.05, 0.1) is 40.3 Å². The quantitative estimate of drug-likeness (QED) is 0.580. The fourth-order valence-corrected chi connectivity index (χ4v) is 2.28. The van der Waals surface area contributed by atoms with Crippen LogP contribution in [0.3, 0.4) is 0 Å². The summed E-state index contributed by atoms with van der Waals surface area (Å²) in [5.41, 5.74) is 0. The van der Waals surface area contributed by atoms with Gasteiger partial charge in [-0.2, -0.15) is 0 Å². The van der Waals surface area contributed by atoms with Gasteiger partial charge in [-0.05, 0) is 0 Å². The van der Waals surface area contributed by atoms with E-state index in [2.05, 4.69) is 45.7 Å². The molecule has 2 aliphatic rings. The zero-order chi connectivity index (χ0) is 10.7. The molecule has 0 aromatic heterocycles. The van der Waals surface area contributed by atoms with Crippen molar-refractivity contribution >= 4 is 12.7 Å². The molecule has 0 amide bonds. The Morgan fingerprint density at radius 2 is 1.40 bits per heavy atom. The zero-order valence-electron chi connectivity index (χ0n) is 9.89. The van der Waals surface area contributed by atoms with Crippen LogP contribution in [0.25, 0.3) is 0 Å². The van der Waals surface area contributed by atoms with Crippen LogP contribution in [0.1, 0.15) is 12.8 Å². The van der Waals surface area contributed by atoms with Crippen LogP contribution < -0.4 is 0 Å². The highest BCUT2D eigenvalue weighted by atomic mass is 15.4. The summed E-state index contributed by atoms with van der Waals surface area (Å²) < 4.78 is 4.55. The average Bonchev–Trinajstić information content (AvgIpc) is 2.17. The molecule has 0 aromatic carbocycles. The van der Waals surface area contributed by atoms with Gasteiger partial charge in [-0.1, -0.05) is 0 Å². The fraction of sp³-hybridized carbons (Fsp3) is 0.818. The van der Waals surface area contributed by atoms with Crippen molar-refractivity contribution in [1.82, 2.24) is 9.80 Å². The van der Waals surface area contributed by atoms with E-state index in [4.69, 9.17) is 0 Å². The minimum atomic E-state index is 1.04. The lowest BCUT2D eigenvalue weighted by Gasteiger charge is -2.24. The molecule has 0 atom stereocenters. The maximum absolute atomic E-state index is 2.40. The summed E-state index contributed by atoms with van der Waals surface area (Å²) in [5.74, 6) is 0. The minimum Gasteiger partial charge on any atom is -0.271 e. The van der Waals surface area contributed by atoms with Crippen molar-refractivity contribution in [2.75, 3.05) is 46.9 Å². The van der Waals surface area contributed by atoms with E-state index < -0.39 is 0 Å². The number of nitrogens with zero attached hydrogens (tertiary/aromatic N) is 4. The van der Waals surface area contributed by atoms with Crippen LogP contribution in [0.15, 0.2) is 0 Å². The summed E-state index contributed by atoms with van der Waals surface area (Å²) >= 11 is 0. The van der Waals surface area contributed by atoms with E-state index in [0.717, 1.165) is 6.67 Å². The van der Waals surface area contributed by atoms with Crippen molar-refractivity contribution < 1.29 is 9.15 Å². The van der Waals surface area contributed by atoms with E-state index in [1.807, 2.05) is 0 Å². The first-order valence-corrected chi connectivity index (χ1v) is 5.82. The molecule has 0 N–H and O–H groups in total. The maximum Gasteiger partial charge on any atom is 0.237 e. The summed E-state index contributed by atoms with van der Waals surface area (Å²) in [6.45, 7) is 5.81. The third kappa shape index (κ3) is 2.94. The number of rotatable bonds is 2. The molecule has 0 spiro atoms. The van der Waals surface area contributed by atoms with Crippen molar-refractivity contribution in [3.05, 3.63) is 0 Å². The minimum absolute atomic E-state index is 1.04. The molecule has 2 heterocycles. The number of hydrogen-bond donors (Lipinski definition) is 0. The van der Waals surface area contributed by atoms with Crippen molar-refractivity contribution in [2.45, 2.75) is 12.8 Å². The summed E-state index contributed by atoms with van der Waals surface area (Å²) in [6, 6.07) is 0. The molecule has 0 aromatic rings. The first kappa shape index (κ1) is 10.5. The molecule has 4 heteroatoms. The lowest BCUT2D eigenvalue weighted by molar-refractivity contribution is -0.506. The lowest BCUT2D eigenvalue weighted by atomic mass is 10.3. The third-order valence-corrected chi connectivity index (χ3v) is 3.00. The van der Waals surface area contributed by atoms with Crippen molar-refractivity contribution in [3.8, 4) is 0 Å². The highest BCUT2D eigenvalue weighted by Gasteiger charge is 2.22. The Labute approximate surface area is 92.1 Å². The lowest BCUT2D eigenvalue weighted by Crippen LogP contribution is -2.45. The Hall–Kier alpha value is -1.06. The van der Waals surface area contributed by atoms with E-state index in [1.54, 1.807) is 0 Å². The first-order valence-electron chi connectivity index (χ1n) is 5.82. The Bertz CT molecular complexity index is 254. The van der Waals surface area contributed by atoms with E-state index in [9.17, 15) is 0 Å². The van der Waals surface area contributed by atoms with Gasteiger partial charge >= 0.3 is 0 Å². The van der Waals surface area contributed by atoms with Gasteiger partial charge in [0.1, 0.15) is 0 Å². The highest BCUT2D eigenvalue weighted by molar-refractivity contribution is 5.52. The van der Waals surface area contributed by atoms with E-state index >= 15 is 0 Å². The van der Waals surface area contributed by atoms with E-state index in [1.165, 1.54) is 39.0 Å². The normalized spacial score (nSPS) is 22.5.